The maximum Gasteiger partial charge on any atom is 0.161 e. The molecule has 174 valence electrons. The van der Waals surface area contributed by atoms with E-state index in [0.717, 1.165) is 48.3 Å². The molecule has 2 unspecified atom stereocenters. The number of hydrogen-bond acceptors (Lipinski definition) is 2. The Labute approximate surface area is 198 Å². The van der Waals surface area contributed by atoms with Crippen LogP contribution < -0.4 is 0 Å². The number of rotatable bonds is 9. The second-order valence-corrected chi connectivity index (χ2v) is 10.3. The molecule has 0 N–H and O–H groups in total. The zero-order valence-electron chi connectivity index (χ0n) is 20.3. The van der Waals surface area contributed by atoms with Gasteiger partial charge in [-0.2, -0.15) is 0 Å². The molecule has 2 aromatic carbocycles. The van der Waals surface area contributed by atoms with Crippen molar-refractivity contribution in [3.05, 3.63) is 71.4 Å². The first-order chi connectivity index (χ1) is 16.1. The molecule has 2 atom stereocenters. The average molecular weight is 443 g/mol. The number of carbonyl (C=O) groups excluding carboxylic acids is 1. The van der Waals surface area contributed by atoms with Crippen molar-refractivity contribution in [2.24, 2.45) is 5.92 Å². The molecule has 2 aliphatic rings. The van der Waals surface area contributed by atoms with Crippen LogP contribution in [0.15, 0.2) is 54.7 Å². The predicted octanol–water partition coefficient (Wildman–Crippen LogP) is 6.67. The first kappa shape index (κ1) is 22.4. The van der Waals surface area contributed by atoms with Gasteiger partial charge in [0.25, 0.3) is 0 Å². The van der Waals surface area contributed by atoms with Crippen LogP contribution in [-0.2, 0) is 19.4 Å². The number of para-hydroxylation sites is 1. The van der Waals surface area contributed by atoms with Crippen molar-refractivity contribution in [3.8, 4) is 0 Å². The molecule has 3 heterocycles. The van der Waals surface area contributed by atoms with Gasteiger partial charge in [0.15, 0.2) is 5.78 Å². The third-order valence-electron chi connectivity index (χ3n) is 8.22. The van der Waals surface area contributed by atoms with Crippen molar-refractivity contribution >= 4 is 16.7 Å². The van der Waals surface area contributed by atoms with Gasteiger partial charge in [0.05, 0.1) is 5.52 Å². The summed E-state index contributed by atoms with van der Waals surface area (Å²) in [5, 5.41) is 1.13. The molecular weight excluding hydrogens is 404 g/mol. The summed E-state index contributed by atoms with van der Waals surface area (Å²) in [4.78, 5) is 15.1. The van der Waals surface area contributed by atoms with Gasteiger partial charge in [-0.3, -0.25) is 9.69 Å². The van der Waals surface area contributed by atoms with E-state index in [2.05, 4.69) is 71.1 Å². The minimum atomic E-state index is 0.169. The van der Waals surface area contributed by atoms with E-state index in [1.165, 1.54) is 61.7 Å². The van der Waals surface area contributed by atoms with E-state index in [9.17, 15) is 4.79 Å². The largest absolute Gasteiger partial charge is 0.346 e. The SMILES string of the molecule is CCc1cccc2c(C(C)=O)cn(CCCN3C4CCC3CC(CCc3ccccc3)C4)c12. The van der Waals surface area contributed by atoms with Gasteiger partial charge in [-0.15, -0.1) is 0 Å². The zero-order chi connectivity index (χ0) is 22.8. The van der Waals surface area contributed by atoms with Gasteiger partial charge in [0, 0.05) is 42.3 Å². The summed E-state index contributed by atoms with van der Waals surface area (Å²) < 4.78 is 2.36. The minimum absolute atomic E-state index is 0.169. The van der Waals surface area contributed by atoms with Crippen LogP contribution in [0.3, 0.4) is 0 Å². The summed E-state index contributed by atoms with van der Waals surface area (Å²) in [6.07, 6.45) is 12.4. The molecule has 2 saturated heterocycles. The number of benzene rings is 2. The number of nitrogens with zero attached hydrogens (tertiary/aromatic N) is 2. The van der Waals surface area contributed by atoms with Gasteiger partial charge in [0.1, 0.15) is 0 Å². The van der Waals surface area contributed by atoms with Gasteiger partial charge in [-0.1, -0.05) is 55.5 Å². The molecule has 2 aliphatic heterocycles. The van der Waals surface area contributed by atoms with E-state index in [1.807, 2.05) is 0 Å². The summed E-state index contributed by atoms with van der Waals surface area (Å²) in [7, 11) is 0. The van der Waals surface area contributed by atoms with Crippen molar-refractivity contribution in [2.75, 3.05) is 6.54 Å². The number of aryl methyl sites for hydroxylation is 3. The quantitative estimate of drug-likeness (QED) is 0.346. The highest BCUT2D eigenvalue weighted by Gasteiger charge is 2.39. The van der Waals surface area contributed by atoms with E-state index in [0.29, 0.717) is 0 Å². The molecular formula is C30H38N2O. The lowest BCUT2D eigenvalue weighted by molar-refractivity contribution is 0.0978. The van der Waals surface area contributed by atoms with Gasteiger partial charge in [-0.05, 0) is 75.3 Å². The first-order valence-electron chi connectivity index (χ1n) is 13.1. The molecule has 3 aromatic rings. The molecule has 2 bridgehead atoms. The van der Waals surface area contributed by atoms with Crippen LogP contribution in [0.2, 0.25) is 0 Å². The second-order valence-electron chi connectivity index (χ2n) is 10.3. The van der Waals surface area contributed by atoms with Gasteiger partial charge in [0.2, 0.25) is 0 Å². The Morgan fingerprint density at radius 3 is 2.42 bits per heavy atom. The van der Waals surface area contributed by atoms with E-state index in [4.69, 9.17) is 0 Å². The molecule has 2 fully saturated rings. The number of aromatic nitrogens is 1. The molecule has 0 amide bonds. The standard InChI is InChI=1S/C30H38N2O/c1-3-25-11-7-12-28-29(22(2)33)21-31(30(25)28)17-8-18-32-26-15-16-27(32)20-24(19-26)14-13-23-9-5-4-6-10-23/h4-7,9-12,21,24,26-27H,3,8,13-20H2,1-2H3. The fourth-order valence-corrected chi connectivity index (χ4v) is 6.61. The summed E-state index contributed by atoms with van der Waals surface area (Å²) in [5.41, 5.74) is 4.98. The summed E-state index contributed by atoms with van der Waals surface area (Å²) in [5.74, 6) is 1.06. The Hall–Kier alpha value is -2.39. The normalized spacial score (nSPS) is 22.8. The third kappa shape index (κ3) is 4.66. The molecule has 1 aromatic heterocycles. The predicted molar refractivity (Wildman–Crippen MR) is 137 cm³/mol. The fraction of sp³-hybridized carbons (Fsp3) is 0.500. The van der Waals surface area contributed by atoms with Crippen LogP contribution in [-0.4, -0.2) is 33.9 Å². The Balaban J connectivity index is 1.20. The van der Waals surface area contributed by atoms with Crippen molar-refractivity contribution in [3.63, 3.8) is 0 Å². The Morgan fingerprint density at radius 1 is 0.970 bits per heavy atom. The minimum Gasteiger partial charge on any atom is -0.346 e. The van der Waals surface area contributed by atoms with Crippen molar-refractivity contribution in [2.45, 2.75) is 83.8 Å². The van der Waals surface area contributed by atoms with E-state index in [1.54, 1.807) is 6.92 Å². The number of carbonyl (C=O) groups is 1. The molecule has 0 aliphatic carbocycles. The molecule has 33 heavy (non-hydrogen) atoms. The molecule has 0 radical (unpaired) electrons. The number of hydrogen-bond donors (Lipinski definition) is 0. The number of piperidine rings is 1. The van der Waals surface area contributed by atoms with Crippen molar-refractivity contribution < 1.29 is 4.79 Å². The van der Waals surface area contributed by atoms with E-state index in [-0.39, 0.29) is 5.78 Å². The number of ketones is 1. The smallest absolute Gasteiger partial charge is 0.161 e. The topological polar surface area (TPSA) is 25.2 Å². The van der Waals surface area contributed by atoms with Gasteiger partial charge < -0.3 is 4.57 Å². The van der Waals surface area contributed by atoms with Crippen LogP contribution >= 0.6 is 0 Å². The summed E-state index contributed by atoms with van der Waals surface area (Å²) >= 11 is 0. The van der Waals surface area contributed by atoms with Crippen LogP contribution in [0.25, 0.3) is 10.9 Å². The monoisotopic (exact) mass is 442 g/mol. The third-order valence-corrected chi connectivity index (χ3v) is 8.22. The number of Topliss-reactive ketones (excluding diaryl/α,β-unsaturated/α-hetero) is 1. The highest BCUT2D eigenvalue weighted by atomic mass is 16.1. The molecule has 5 rings (SSSR count). The van der Waals surface area contributed by atoms with Crippen LogP contribution in [0.5, 0.6) is 0 Å². The van der Waals surface area contributed by atoms with Crippen molar-refractivity contribution in [1.82, 2.24) is 9.47 Å². The highest BCUT2D eigenvalue weighted by Crippen LogP contribution is 2.40. The molecule has 0 saturated carbocycles. The van der Waals surface area contributed by atoms with E-state index >= 15 is 0 Å². The van der Waals surface area contributed by atoms with Crippen LogP contribution in [0.1, 0.15) is 73.9 Å². The van der Waals surface area contributed by atoms with Crippen LogP contribution in [0, 0.1) is 5.92 Å². The zero-order valence-corrected chi connectivity index (χ0v) is 20.3. The number of fused-ring (bicyclic) bond motifs is 3. The lowest BCUT2D eigenvalue weighted by Gasteiger charge is -2.39. The van der Waals surface area contributed by atoms with Gasteiger partial charge >= 0.3 is 0 Å². The van der Waals surface area contributed by atoms with Gasteiger partial charge in [-0.25, -0.2) is 0 Å². The van der Waals surface area contributed by atoms with E-state index < -0.39 is 0 Å². The fourth-order valence-electron chi connectivity index (χ4n) is 6.61. The maximum atomic E-state index is 12.2. The summed E-state index contributed by atoms with van der Waals surface area (Å²) in [6, 6.07) is 19.0. The molecule has 0 spiro atoms. The summed E-state index contributed by atoms with van der Waals surface area (Å²) in [6.45, 7) is 6.08. The lowest BCUT2D eigenvalue weighted by Crippen LogP contribution is -2.43. The highest BCUT2D eigenvalue weighted by molar-refractivity contribution is 6.07. The Kier molecular flexibility index (Phi) is 6.69. The van der Waals surface area contributed by atoms with Crippen LogP contribution in [0.4, 0.5) is 0 Å². The second kappa shape index (κ2) is 9.85. The first-order valence-corrected chi connectivity index (χ1v) is 13.1. The molecule has 3 nitrogen and oxygen atoms in total. The molecule has 3 heteroatoms. The Bertz CT molecular complexity index is 1090. The van der Waals surface area contributed by atoms with Crippen molar-refractivity contribution in [1.29, 1.82) is 0 Å². The average Bonchev–Trinajstić information content (AvgIpc) is 3.32. The maximum absolute atomic E-state index is 12.2. The lowest BCUT2D eigenvalue weighted by atomic mass is 9.86. The Morgan fingerprint density at radius 2 is 1.73 bits per heavy atom.